The Morgan fingerprint density at radius 2 is 2.13 bits per heavy atom. The van der Waals surface area contributed by atoms with Gasteiger partial charge in [0.15, 0.2) is 11.2 Å². The summed E-state index contributed by atoms with van der Waals surface area (Å²) in [7, 11) is 0. The van der Waals surface area contributed by atoms with Crippen LogP contribution in [0.5, 0.6) is 0 Å². The molecule has 23 heavy (non-hydrogen) atoms. The number of anilines is 1. The van der Waals surface area contributed by atoms with E-state index < -0.39 is 11.2 Å². The van der Waals surface area contributed by atoms with Crippen LogP contribution in [0, 0.1) is 11.3 Å². The van der Waals surface area contributed by atoms with Gasteiger partial charge in [-0.3, -0.25) is 0 Å². The highest BCUT2D eigenvalue weighted by Gasteiger charge is 2.21. The number of fused-ring (bicyclic) bond motifs is 1. The smallest absolute Gasteiger partial charge is 0.164 e. The number of hydrogen-bond acceptors (Lipinski definition) is 4. The van der Waals surface area contributed by atoms with E-state index in [1.807, 2.05) is 24.3 Å². The molecule has 1 aliphatic rings. The molecular formula is C15H16BrN5OS. The Morgan fingerprint density at radius 1 is 1.39 bits per heavy atom. The van der Waals surface area contributed by atoms with Crippen LogP contribution in [0.1, 0.15) is 18.4 Å². The number of rotatable bonds is 3. The molecule has 1 saturated heterocycles. The Morgan fingerprint density at radius 3 is 2.78 bits per heavy atom. The number of nitrogens with one attached hydrogen (secondary N) is 1. The minimum atomic E-state index is -1.48. The van der Waals surface area contributed by atoms with Crippen LogP contribution in [0.4, 0.5) is 5.82 Å². The fraction of sp³-hybridized carbons (Fsp3) is 0.333. The topological polar surface area (TPSA) is 95.0 Å². The van der Waals surface area contributed by atoms with Crippen LogP contribution in [0.3, 0.4) is 0 Å². The van der Waals surface area contributed by atoms with Gasteiger partial charge in [-0.2, -0.15) is 5.26 Å². The maximum atomic E-state index is 11.0. The van der Waals surface area contributed by atoms with Crippen molar-refractivity contribution in [1.29, 1.82) is 5.26 Å². The molecule has 0 saturated carbocycles. The highest BCUT2D eigenvalue weighted by atomic mass is 79.9. The third kappa shape index (κ3) is 3.70. The molecule has 0 aliphatic carbocycles. The Bertz CT molecular complexity index is 798. The van der Waals surface area contributed by atoms with E-state index in [9.17, 15) is 9.47 Å². The zero-order chi connectivity index (χ0) is 16.4. The number of piperidine rings is 1. The molecule has 1 unspecified atom stereocenters. The number of nitrogens with zero attached hydrogens (tertiary/aromatic N) is 3. The van der Waals surface area contributed by atoms with Gasteiger partial charge < -0.3 is 4.90 Å². The van der Waals surface area contributed by atoms with Crippen LogP contribution < -0.4 is 14.8 Å². The zero-order valence-corrected chi connectivity index (χ0v) is 14.7. The number of hydrogen-bond donors (Lipinski definition) is 2. The second kappa shape index (κ2) is 6.93. The Hall–Kier alpha value is -1.53. The third-order valence-electron chi connectivity index (χ3n) is 3.98. The van der Waals surface area contributed by atoms with Crippen molar-refractivity contribution in [3.05, 3.63) is 34.3 Å². The normalized spacial score (nSPS) is 17.2. The fourth-order valence-electron chi connectivity index (χ4n) is 2.83. The largest absolute Gasteiger partial charge is 0.356 e. The first kappa shape index (κ1) is 16.3. The summed E-state index contributed by atoms with van der Waals surface area (Å²) in [5.41, 5.74) is 1.43. The van der Waals surface area contributed by atoms with Gasteiger partial charge in [0.1, 0.15) is 5.82 Å². The van der Waals surface area contributed by atoms with Crippen molar-refractivity contribution in [2.24, 2.45) is 5.14 Å². The van der Waals surface area contributed by atoms with Gasteiger partial charge in [0.25, 0.3) is 0 Å². The van der Waals surface area contributed by atoms with Crippen LogP contribution in [0.25, 0.3) is 10.9 Å². The summed E-state index contributed by atoms with van der Waals surface area (Å²) in [6.07, 6.45) is 1.68. The van der Waals surface area contributed by atoms with Gasteiger partial charge >= 0.3 is 0 Å². The average Bonchev–Trinajstić information content (AvgIpc) is 2.54. The Labute approximate surface area is 145 Å². The van der Waals surface area contributed by atoms with Crippen molar-refractivity contribution >= 4 is 43.8 Å². The predicted octanol–water partition coefficient (Wildman–Crippen LogP) is 1.96. The molecule has 0 amide bonds. The number of nitrogens with two attached hydrogens (primary N) is 1. The van der Waals surface area contributed by atoms with E-state index in [2.05, 4.69) is 36.6 Å². The number of pyridine rings is 1. The molecule has 0 spiro atoms. The van der Waals surface area contributed by atoms with Gasteiger partial charge in [-0.25, -0.2) is 19.1 Å². The van der Waals surface area contributed by atoms with Crippen molar-refractivity contribution in [3.8, 4) is 6.07 Å². The van der Waals surface area contributed by atoms with Gasteiger partial charge in [-0.15, -0.1) is 0 Å². The Balaban J connectivity index is 1.85. The molecular weight excluding hydrogens is 378 g/mol. The molecule has 2 aromatic rings. The molecule has 1 atom stereocenters. The van der Waals surface area contributed by atoms with Crippen molar-refractivity contribution in [1.82, 2.24) is 9.71 Å². The summed E-state index contributed by atoms with van der Waals surface area (Å²) in [6.45, 7) is 1.57. The van der Waals surface area contributed by atoms with Crippen LogP contribution in [-0.4, -0.2) is 28.3 Å². The first-order chi connectivity index (χ1) is 11.1. The molecule has 8 heteroatoms. The molecule has 0 radical (unpaired) electrons. The predicted molar refractivity (Wildman–Crippen MR) is 94.9 cm³/mol. The maximum absolute atomic E-state index is 11.0. The lowest BCUT2D eigenvalue weighted by Crippen LogP contribution is -2.44. The lowest BCUT2D eigenvalue weighted by Gasteiger charge is -2.32. The second-order valence-electron chi connectivity index (χ2n) is 5.48. The third-order valence-corrected chi connectivity index (χ3v) is 5.04. The lowest BCUT2D eigenvalue weighted by molar-refractivity contribution is 0.470. The number of halogens is 1. The van der Waals surface area contributed by atoms with Gasteiger partial charge in [0, 0.05) is 29.0 Å². The zero-order valence-electron chi connectivity index (χ0n) is 12.3. The van der Waals surface area contributed by atoms with Crippen molar-refractivity contribution in [2.75, 3.05) is 18.0 Å². The van der Waals surface area contributed by atoms with Crippen molar-refractivity contribution < 1.29 is 4.21 Å². The lowest BCUT2D eigenvalue weighted by atomic mass is 10.1. The van der Waals surface area contributed by atoms with E-state index in [1.54, 1.807) is 0 Å². The first-order valence-corrected chi connectivity index (χ1v) is 9.25. The minimum absolute atomic E-state index is 0.156. The van der Waals surface area contributed by atoms with E-state index in [0.29, 0.717) is 5.56 Å². The minimum Gasteiger partial charge on any atom is -0.356 e. The van der Waals surface area contributed by atoms with Gasteiger partial charge in [0.2, 0.25) is 0 Å². The van der Waals surface area contributed by atoms with Crippen molar-refractivity contribution in [3.63, 3.8) is 0 Å². The van der Waals surface area contributed by atoms with Crippen LogP contribution in [-0.2, 0) is 11.2 Å². The van der Waals surface area contributed by atoms with Crippen LogP contribution >= 0.6 is 15.9 Å². The number of benzene rings is 1. The average molecular weight is 394 g/mol. The molecule has 3 N–H and O–H groups in total. The van der Waals surface area contributed by atoms with Gasteiger partial charge in [0.05, 0.1) is 17.1 Å². The molecule has 120 valence electrons. The summed E-state index contributed by atoms with van der Waals surface area (Å²) in [6, 6.07) is 10.00. The number of aromatic nitrogens is 1. The monoisotopic (exact) mass is 393 g/mol. The van der Waals surface area contributed by atoms with E-state index in [4.69, 9.17) is 5.14 Å². The molecule has 1 aromatic heterocycles. The second-order valence-corrected chi connectivity index (χ2v) is 7.22. The number of nitriles is 1. The molecule has 1 aromatic carbocycles. The fourth-order valence-corrected chi connectivity index (χ4v) is 3.75. The summed E-state index contributed by atoms with van der Waals surface area (Å²) in [5, 5.41) is 15.5. The first-order valence-electron chi connectivity index (χ1n) is 7.24. The molecule has 1 aliphatic heterocycles. The molecule has 2 heterocycles. The molecule has 3 rings (SSSR count). The summed E-state index contributed by atoms with van der Waals surface area (Å²) < 4.78 is 14.8. The van der Waals surface area contributed by atoms with E-state index in [-0.39, 0.29) is 6.04 Å². The van der Waals surface area contributed by atoms with E-state index in [1.165, 1.54) is 0 Å². The molecule has 1 fully saturated rings. The highest BCUT2D eigenvalue weighted by molar-refractivity contribution is 9.10. The summed E-state index contributed by atoms with van der Waals surface area (Å²) >= 11 is 1.95. The summed E-state index contributed by atoms with van der Waals surface area (Å²) in [5.74, 6) is 0.809. The highest BCUT2D eigenvalue weighted by Crippen LogP contribution is 2.27. The van der Waals surface area contributed by atoms with E-state index in [0.717, 1.165) is 47.1 Å². The summed E-state index contributed by atoms with van der Waals surface area (Å²) in [4.78, 5) is 6.84. The van der Waals surface area contributed by atoms with Crippen molar-refractivity contribution in [2.45, 2.75) is 18.9 Å². The van der Waals surface area contributed by atoms with E-state index >= 15 is 0 Å². The van der Waals surface area contributed by atoms with Crippen LogP contribution in [0.15, 0.2) is 28.7 Å². The Kier molecular flexibility index (Phi) is 4.92. The molecule has 0 bridgehead atoms. The SMILES string of the molecule is N#Cc1cc(N2CCC(NS(N)=O)CC2)nc2ccc(Br)cc12. The molecule has 6 nitrogen and oxygen atoms in total. The van der Waals surface area contributed by atoms with Gasteiger partial charge in [-0.05, 0) is 37.1 Å². The maximum Gasteiger partial charge on any atom is 0.164 e. The van der Waals surface area contributed by atoms with Crippen LogP contribution in [0.2, 0.25) is 0 Å². The van der Waals surface area contributed by atoms with Gasteiger partial charge in [-0.1, -0.05) is 15.9 Å². The quantitative estimate of drug-likeness (QED) is 0.832. The standard InChI is InChI=1S/C15H16BrN5OS/c16-11-1-2-14-13(8-11)10(9-17)7-15(19-14)21-5-3-12(4-6-21)20-23(18)22/h1-2,7-8,12,20H,3-6,18H2.